The first-order chi connectivity index (χ1) is 10.6. The fraction of sp³-hybridized carbons (Fsp3) is 0.412. The van der Waals surface area contributed by atoms with E-state index in [0.29, 0.717) is 24.6 Å². The van der Waals surface area contributed by atoms with Crippen LogP contribution >= 0.6 is 0 Å². The molecule has 0 spiro atoms. The maximum atomic E-state index is 12.7. The summed E-state index contributed by atoms with van der Waals surface area (Å²) in [5.41, 5.74) is 1.55. The minimum Gasteiger partial charge on any atom is -0.481 e. The summed E-state index contributed by atoms with van der Waals surface area (Å²) in [6.45, 7) is 0.904. The van der Waals surface area contributed by atoms with Gasteiger partial charge in [-0.3, -0.25) is 9.59 Å². The lowest BCUT2D eigenvalue weighted by molar-refractivity contribution is -0.142. The third-order valence-electron chi connectivity index (χ3n) is 5.00. The van der Waals surface area contributed by atoms with Crippen molar-refractivity contribution in [3.8, 4) is 0 Å². The summed E-state index contributed by atoms with van der Waals surface area (Å²) in [5, 5.41) is 10.5. The van der Waals surface area contributed by atoms with E-state index in [9.17, 15) is 14.7 Å². The van der Waals surface area contributed by atoms with E-state index in [2.05, 4.69) is 4.98 Å². The molecule has 1 aliphatic heterocycles. The third kappa shape index (κ3) is 2.17. The molecule has 114 valence electrons. The molecule has 5 heteroatoms. The Balaban J connectivity index is 1.58. The van der Waals surface area contributed by atoms with Crippen molar-refractivity contribution in [1.29, 1.82) is 0 Å². The summed E-state index contributed by atoms with van der Waals surface area (Å²) < 4.78 is 0. The van der Waals surface area contributed by atoms with Gasteiger partial charge < -0.3 is 15.0 Å². The van der Waals surface area contributed by atoms with Gasteiger partial charge in [0, 0.05) is 30.4 Å². The largest absolute Gasteiger partial charge is 0.481 e. The Bertz CT molecular complexity index is 747. The average Bonchev–Trinajstić information content (AvgIpc) is 3.09. The first-order valence-corrected chi connectivity index (χ1v) is 7.72. The van der Waals surface area contributed by atoms with Crippen LogP contribution in [0.2, 0.25) is 0 Å². The van der Waals surface area contributed by atoms with Crippen molar-refractivity contribution in [1.82, 2.24) is 9.88 Å². The maximum Gasteiger partial charge on any atom is 0.308 e. The van der Waals surface area contributed by atoms with Gasteiger partial charge >= 0.3 is 5.97 Å². The van der Waals surface area contributed by atoms with E-state index in [-0.39, 0.29) is 11.8 Å². The number of fused-ring (bicyclic) bond motifs is 1. The third-order valence-corrected chi connectivity index (χ3v) is 5.00. The van der Waals surface area contributed by atoms with Crippen LogP contribution in [0.3, 0.4) is 0 Å². The summed E-state index contributed by atoms with van der Waals surface area (Å²) in [7, 11) is 0. The first kappa shape index (κ1) is 13.4. The Labute approximate surface area is 127 Å². The van der Waals surface area contributed by atoms with Crippen LogP contribution in [0.15, 0.2) is 30.5 Å². The Morgan fingerprint density at radius 3 is 2.73 bits per heavy atom. The summed E-state index contributed by atoms with van der Waals surface area (Å²) in [4.78, 5) is 29.0. The summed E-state index contributed by atoms with van der Waals surface area (Å²) in [6, 6.07) is 7.54. The van der Waals surface area contributed by atoms with Crippen molar-refractivity contribution in [3.63, 3.8) is 0 Å². The minimum atomic E-state index is -0.771. The van der Waals surface area contributed by atoms with Gasteiger partial charge in [-0.25, -0.2) is 0 Å². The molecule has 2 aliphatic rings. The van der Waals surface area contributed by atoms with E-state index in [4.69, 9.17) is 0 Å². The van der Waals surface area contributed by atoms with Crippen molar-refractivity contribution in [3.05, 3.63) is 36.0 Å². The number of aromatic nitrogens is 1. The zero-order valence-electron chi connectivity index (χ0n) is 12.2. The van der Waals surface area contributed by atoms with Gasteiger partial charge in [-0.1, -0.05) is 6.07 Å². The smallest absolute Gasteiger partial charge is 0.308 e. The van der Waals surface area contributed by atoms with Gasteiger partial charge in [0.05, 0.1) is 5.92 Å². The number of nitrogens with zero attached hydrogens (tertiary/aromatic N) is 1. The fourth-order valence-electron chi connectivity index (χ4n) is 3.62. The number of carbonyl (C=O) groups is 2. The van der Waals surface area contributed by atoms with Gasteiger partial charge in [0.25, 0.3) is 5.91 Å². The molecular formula is C17H18N2O3. The number of aromatic amines is 1. The molecule has 1 aliphatic carbocycles. The van der Waals surface area contributed by atoms with Crippen LogP contribution in [-0.2, 0) is 4.79 Å². The van der Waals surface area contributed by atoms with Gasteiger partial charge in [-0.05, 0) is 48.3 Å². The number of likely N-dealkylation sites (tertiary alicyclic amines) is 1. The number of aliphatic carboxylic acids is 1. The quantitative estimate of drug-likeness (QED) is 0.913. The molecular weight excluding hydrogens is 280 g/mol. The van der Waals surface area contributed by atoms with Gasteiger partial charge in [0.1, 0.15) is 0 Å². The van der Waals surface area contributed by atoms with Crippen LogP contribution < -0.4 is 0 Å². The van der Waals surface area contributed by atoms with Crippen molar-refractivity contribution in [2.24, 2.45) is 17.8 Å². The lowest BCUT2D eigenvalue weighted by atomic mass is 9.92. The lowest BCUT2D eigenvalue weighted by Crippen LogP contribution is -2.29. The maximum absolute atomic E-state index is 12.7. The number of carboxylic acid groups (broad SMARTS) is 1. The monoisotopic (exact) mass is 298 g/mol. The standard InChI is InChI=1S/C17H18N2O3/c20-16(12-4-3-11-5-6-18-15(11)7-12)19-8-13(10-1-2-10)14(9-19)17(21)22/h3-7,10,13-14,18H,1-2,8-9H2,(H,21,22). The Kier molecular flexibility index (Phi) is 2.96. The number of amides is 1. The zero-order valence-corrected chi connectivity index (χ0v) is 12.2. The highest BCUT2D eigenvalue weighted by Gasteiger charge is 2.46. The molecule has 2 aromatic rings. The predicted molar refractivity (Wildman–Crippen MR) is 81.5 cm³/mol. The number of carboxylic acids is 1. The van der Waals surface area contributed by atoms with Gasteiger partial charge in [0.15, 0.2) is 0 Å². The van der Waals surface area contributed by atoms with Crippen LogP contribution in [0.5, 0.6) is 0 Å². The molecule has 2 unspecified atom stereocenters. The highest BCUT2D eigenvalue weighted by atomic mass is 16.4. The van der Waals surface area contributed by atoms with E-state index in [0.717, 1.165) is 23.7 Å². The topological polar surface area (TPSA) is 73.4 Å². The van der Waals surface area contributed by atoms with Crippen molar-refractivity contribution in [2.45, 2.75) is 12.8 Å². The molecule has 2 heterocycles. The highest BCUT2D eigenvalue weighted by Crippen LogP contribution is 2.44. The van der Waals surface area contributed by atoms with E-state index in [1.165, 1.54) is 0 Å². The summed E-state index contributed by atoms with van der Waals surface area (Å²) in [5.74, 6) is -0.635. The predicted octanol–water partition coefficient (Wildman–Crippen LogP) is 2.35. The number of hydrogen-bond donors (Lipinski definition) is 2. The minimum absolute atomic E-state index is 0.0640. The van der Waals surface area contributed by atoms with Gasteiger partial charge in [0.2, 0.25) is 0 Å². The van der Waals surface area contributed by atoms with E-state index in [1.54, 1.807) is 4.90 Å². The molecule has 1 saturated heterocycles. The van der Waals surface area contributed by atoms with Gasteiger partial charge in [-0.15, -0.1) is 0 Å². The molecule has 1 aromatic heterocycles. The molecule has 4 rings (SSSR count). The molecule has 22 heavy (non-hydrogen) atoms. The zero-order chi connectivity index (χ0) is 15.3. The van der Waals surface area contributed by atoms with Crippen LogP contribution in [0.25, 0.3) is 10.9 Å². The van der Waals surface area contributed by atoms with Crippen LogP contribution in [0.1, 0.15) is 23.2 Å². The molecule has 2 fully saturated rings. The molecule has 2 atom stereocenters. The molecule has 1 saturated carbocycles. The normalized spacial score (nSPS) is 24.8. The molecule has 0 bridgehead atoms. The average molecular weight is 298 g/mol. The molecule has 0 radical (unpaired) electrons. The van der Waals surface area contributed by atoms with Crippen molar-refractivity contribution < 1.29 is 14.7 Å². The van der Waals surface area contributed by atoms with Crippen molar-refractivity contribution >= 4 is 22.8 Å². The molecule has 5 nitrogen and oxygen atoms in total. The summed E-state index contributed by atoms with van der Waals surface area (Å²) in [6.07, 6.45) is 4.05. The summed E-state index contributed by atoms with van der Waals surface area (Å²) >= 11 is 0. The molecule has 1 amide bonds. The van der Waals surface area contributed by atoms with Crippen molar-refractivity contribution in [2.75, 3.05) is 13.1 Å². The van der Waals surface area contributed by atoms with E-state index >= 15 is 0 Å². The second kappa shape index (κ2) is 4.87. The number of carbonyl (C=O) groups excluding carboxylic acids is 1. The van der Waals surface area contributed by atoms with Crippen LogP contribution in [0.4, 0.5) is 0 Å². The fourth-order valence-corrected chi connectivity index (χ4v) is 3.62. The Hall–Kier alpha value is -2.30. The SMILES string of the molecule is O=C(O)C1CN(C(=O)c2ccc3cc[nH]c3c2)CC1C1CC1. The number of H-pyrrole nitrogens is 1. The number of hydrogen-bond acceptors (Lipinski definition) is 2. The number of nitrogens with one attached hydrogen (secondary N) is 1. The molecule has 2 N–H and O–H groups in total. The Morgan fingerprint density at radius 2 is 2.00 bits per heavy atom. The second-order valence-corrected chi connectivity index (χ2v) is 6.44. The van der Waals surface area contributed by atoms with Gasteiger partial charge in [-0.2, -0.15) is 0 Å². The Morgan fingerprint density at radius 1 is 1.18 bits per heavy atom. The van der Waals surface area contributed by atoms with E-state index in [1.807, 2.05) is 30.5 Å². The molecule has 1 aromatic carbocycles. The first-order valence-electron chi connectivity index (χ1n) is 7.72. The number of benzene rings is 1. The lowest BCUT2D eigenvalue weighted by Gasteiger charge is -2.16. The van der Waals surface area contributed by atoms with Crippen LogP contribution in [0, 0.1) is 17.8 Å². The highest BCUT2D eigenvalue weighted by molar-refractivity contribution is 5.98. The number of rotatable bonds is 3. The second-order valence-electron chi connectivity index (χ2n) is 6.44. The van der Waals surface area contributed by atoms with Crippen LogP contribution in [-0.4, -0.2) is 40.0 Å². The van der Waals surface area contributed by atoms with E-state index < -0.39 is 11.9 Å².